The summed E-state index contributed by atoms with van der Waals surface area (Å²) in [6, 6.07) is 14.0. The van der Waals surface area contributed by atoms with E-state index in [1.165, 1.54) is 6.08 Å². The van der Waals surface area contributed by atoms with Gasteiger partial charge in [-0.15, -0.1) is 0 Å². The van der Waals surface area contributed by atoms with Gasteiger partial charge in [-0.3, -0.25) is 9.59 Å². The van der Waals surface area contributed by atoms with E-state index >= 15 is 0 Å². The number of rotatable bonds is 6. The fraction of sp³-hybridized carbons (Fsp3) is 0.208. The molecule has 2 heterocycles. The number of carbonyl (C=O) groups excluding carboxylic acids is 2. The summed E-state index contributed by atoms with van der Waals surface area (Å²) in [5, 5.41) is 5.26. The quantitative estimate of drug-likeness (QED) is 0.533. The van der Waals surface area contributed by atoms with E-state index in [1.54, 1.807) is 58.1 Å². The van der Waals surface area contributed by atoms with Crippen LogP contribution in [-0.4, -0.2) is 39.6 Å². The van der Waals surface area contributed by atoms with Crippen LogP contribution in [0, 0.1) is 0 Å². The Kier molecular flexibility index (Phi) is 6.37. The summed E-state index contributed by atoms with van der Waals surface area (Å²) in [6.07, 6.45) is 2.86. The first kappa shape index (κ1) is 22.4. The van der Waals surface area contributed by atoms with Crippen molar-refractivity contribution in [3.8, 4) is 22.8 Å². The minimum Gasteiger partial charge on any atom is -0.457 e. The van der Waals surface area contributed by atoms with Gasteiger partial charge in [-0.1, -0.05) is 18.2 Å². The van der Waals surface area contributed by atoms with E-state index in [-0.39, 0.29) is 23.3 Å². The molecule has 170 valence electrons. The smallest absolute Gasteiger partial charge is 0.254 e. The highest BCUT2D eigenvalue weighted by Gasteiger charge is 2.29. The van der Waals surface area contributed by atoms with Crippen LogP contribution < -0.4 is 16.2 Å². The van der Waals surface area contributed by atoms with Crippen molar-refractivity contribution in [3.05, 3.63) is 71.8 Å². The summed E-state index contributed by atoms with van der Waals surface area (Å²) in [7, 11) is 0. The molecule has 1 aliphatic rings. The number of piperidine rings is 1. The monoisotopic (exact) mass is 465 g/mol. The van der Waals surface area contributed by atoms with Gasteiger partial charge >= 0.3 is 0 Å². The molecule has 0 radical (unpaired) electrons. The zero-order valence-electron chi connectivity index (χ0n) is 17.9. The summed E-state index contributed by atoms with van der Waals surface area (Å²) in [5.41, 5.74) is 13.2. The topological polar surface area (TPSA) is 116 Å². The zero-order valence-corrected chi connectivity index (χ0v) is 18.7. The number of ether oxygens (including phenoxy) is 1. The lowest BCUT2D eigenvalue weighted by atomic mass is 10.1. The van der Waals surface area contributed by atoms with Crippen molar-refractivity contribution in [2.24, 2.45) is 5.73 Å². The Balaban J connectivity index is 1.62. The van der Waals surface area contributed by atoms with E-state index in [1.807, 2.05) is 0 Å². The molecule has 4 rings (SSSR count). The molecule has 9 heteroatoms. The Labute approximate surface area is 196 Å². The predicted molar refractivity (Wildman–Crippen MR) is 127 cm³/mol. The van der Waals surface area contributed by atoms with Crippen LogP contribution >= 0.6 is 11.6 Å². The molecule has 0 bridgehead atoms. The molecule has 0 saturated carbocycles. The lowest BCUT2D eigenvalue weighted by Crippen LogP contribution is -2.40. The van der Waals surface area contributed by atoms with E-state index in [2.05, 4.69) is 11.7 Å². The summed E-state index contributed by atoms with van der Waals surface area (Å²) < 4.78 is 7.43. The number of primary amides is 1. The Morgan fingerprint density at radius 1 is 1.12 bits per heavy atom. The third-order valence-electron chi connectivity index (χ3n) is 5.60. The number of anilines is 1. The number of nitrogens with zero attached hydrogens (tertiary/aromatic N) is 3. The molecule has 2 aromatic carbocycles. The number of likely N-dealkylation sites (tertiary alicyclic amines) is 1. The summed E-state index contributed by atoms with van der Waals surface area (Å²) >= 11 is 5.91. The van der Waals surface area contributed by atoms with Gasteiger partial charge in [0.15, 0.2) is 0 Å². The van der Waals surface area contributed by atoms with Gasteiger partial charge in [0, 0.05) is 23.7 Å². The van der Waals surface area contributed by atoms with Gasteiger partial charge in [-0.25, -0.2) is 4.68 Å². The SMILES string of the molecule is C=CC(=O)N1CCCC(n2nc(-c3ccc(Oc4ccc(Cl)cc4)cc3)c(C(N)=O)c2N)C1. The Hall–Kier alpha value is -3.78. The molecule has 3 aromatic rings. The highest BCUT2D eigenvalue weighted by Crippen LogP contribution is 2.33. The normalized spacial score (nSPS) is 15.8. The molecule has 33 heavy (non-hydrogen) atoms. The molecule has 0 spiro atoms. The maximum absolute atomic E-state index is 12.2. The predicted octanol–water partition coefficient (Wildman–Crippen LogP) is 4.03. The number of hydrogen-bond donors (Lipinski definition) is 2. The Bertz CT molecular complexity index is 1190. The van der Waals surface area contributed by atoms with Crippen LogP contribution in [0.4, 0.5) is 5.82 Å². The first-order valence-electron chi connectivity index (χ1n) is 10.5. The van der Waals surface area contributed by atoms with Gasteiger partial charge in [0.1, 0.15) is 28.6 Å². The van der Waals surface area contributed by atoms with Gasteiger partial charge in [0.2, 0.25) is 5.91 Å². The number of aromatic nitrogens is 2. The van der Waals surface area contributed by atoms with E-state index in [0.717, 1.165) is 12.8 Å². The number of halogens is 1. The second kappa shape index (κ2) is 9.38. The maximum atomic E-state index is 12.2. The molecule has 1 saturated heterocycles. The van der Waals surface area contributed by atoms with Gasteiger partial charge in [0.05, 0.1) is 6.04 Å². The third-order valence-corrected chi connectivity index (χ3v) is 5.85. The lowest BCUT2D eigenvalue weighted by molar-refractivity contribution is -0.127. The minimum absolute atomic E-state index is 0.142. The second-order valence-electron chi connectivity index (χ2n) is 7.78. The number of nitrogens with two attached hydrogens (primary N) is 2. The average molecular weight is 466 g/mol. The van der Waals surface area contributed by atoms with Gasteiger partial charge in [-0.05, 0) is 67.4 Å². The molecule has 8 nitrogen and oxygen atoms in total. The van der Waals surface area contributed by atoms with Crippen molar-refractivity contribution in [1.29, 1.82) is 0 Å². The van der Waals surface area contributed by atoms with Gasteiger partial charge in [0.25, 0.3) is 5.91 Å². The van der Waals surface area contributed by atoms with Crippen molar-refractivity contribution in [3.63, 3.8) is 0 Å². The highest BCUT2D eigenvalue weighted by molar-refractivity contribution is 6.30. The van der Waals surface area contributed by atoms with Crippen molar-refractivity contribution in [2.75, 3.05) is 18.8 Å². The van der Waals surface area contributed by atoms with Crippen molar-refractivity contribution in [1.82, 2.24) is 14.7 Å². The molecular formula is C24H24ClN5O3. The Morgan fingerprint density at radius 3 is 2.36 bits per heavy atom. The first-order valence-corrected chi connectivity index (χ1v) is 10.9. The fourth-order valence-electron chi connectivity index (χ4n) is 3.97. The Morgan fingerprint density at radius 2 is 1.76 bits per heavy atom. The third kappa shape index (κ3) is 4.70. The minimum atomic E-state index is -0.662. The van der Waals surface area contributed by atoms with Crippen molar-refractivity contribution < 1.29 is 14.3 Å². The number of benzene rings is 2. The van der Waals surface area contributed by atoms with Gasteiger partial charge < -0.3 is 21.1 Å². The summed E-state index contributed by atoms with van der Waals surface area (Å²) in [6.45, 7) is 4.63. The highest BCUT2D eigenvalue weighted by atomic mass is 35.5. The summed E-state index contributed by atoms with van der Waals surface area (Å²) in [4.78, 5) is 26.0. The number of amides is 2. The fourth-order valence-corrected chi connectivity index (χ4v) is 4.10. The largest absolute Gasteiger partial charge is 0.457 e. The van der Waals surface area contributed by atoms with E-state index in [4.69, 9.17) is 27.8 Å². The van der Waals surface area contributed by atoms with E-state index in [9.17, 15) is 9.59 Å². The number of hydrogen-bond acceptors (Lipinski definition) is 5. The maximum Gasteiger partial charge on any atom is 0.254 e. The van der Waals surface area contributed by atoms with Crippen LogP contribution in [0.1, 0.15) is 29.2 Å². The number of nitrogen functional groups attached to an aromatic ring is 1. The average Bonchev–Trinajstić information content (AvgIpc) is 3.18. The zero-order chi connectivity index (χ0) is 23.5. The second-order valence-corrected chi connectivity index (χ2v) is 8.22. The molecule has 0 aliphatic carbocycles. The standard InChI is InChI=1S/C24H24ClN5O3/c1-2-20(31)29-13-3-4-17(14-29)30-23(26)21(24(27)32)22(28-30)15-5-9-18(10-6-15)33-19-11-7-16(25)8-12-19/h2,5-12,17H,1,3-4,13-14,26H2,(H2,27,32). The lowest BCUT2D eigenvalue weighted by Gasteiger charge is -2.32. The van der Waals surface area contributed by atoms with E-state index < -0.39 is 5.91 Å². The van der Waals surface area contributed by atoms with E-state index in [0.29, 0.717) is 40.9 Å². The molecule has 1 aromatic heterocycles. The van der Waals surface area contributed by atoms with Gasteiger partial charge in [-0.2, -0.15) is 5.10 Å². The molecule has 1 aliphatic heterocycles. The van der Waals surface area contributed by atoms with Crippen LogP contribution in [-0.2, 0) is 4.79 Å². The van der Waals surface area contributed by atoms with Crippen LogP contribution in [0.5, 0.6) is 11.5 Å². The van der Waals surface area contributed by atoms with Crippen LogP contribution in [0.25, 0.3) is 11.3 Å². The molecule has 1 atom stereocenters. The molecule has 1 fully saturated rings. The summed E-state index contributed by atoms with van der Waals surface area (Å²) in [5.74, 6) is 0.647. The molecular weight excluding hydrogens is 442 g/mol. The van der Waals surface area contributed by atoms with Crippen LogP contribution in [0.2, 0.25) is 5.02 Å². The molecule has 2 amide bonds. The van der Waals surface area contributed by atoms with Crippen molar-refractivity contribution in [2.45, 2.75) is 18.9 Å². The first-order chi connectivity index (χ1) is 15.9. The van der Waals surface area contributed by atoms with Crippen LogP contribution in [0.15, 0.2) is 61.2 Å². The van der Waals surface area contributed by atoms with Crippen molar-refractivity contribution >= 4 is 29.2 Å². The van der Waals surface area contributed by atoms with Crippen LogP contribution in [0.3, 0.4) is 0 Å². The number of carbonyl (C=O) groups is 2. The molecule has 4 N–H and O–H groups in total. The molecule has 1 unspecified atom stereocenters.